The maximum absolute atomic E-state index is 12.1. The molecule has 1 unspecified atom stereocenters. The molecule has 0 saturated carbocycles. The first-order chi connectivity index (χ1) is 9.90. The van der Waals surface area contributed by atoms with E-state index in [9.17, 15) is 27.6 Å². The summed E-state index contributed by atoms with van der Waals surface area (Å²) in [6.45, 7) is 5.38. The van der Waals surface area contributed by atoms with E-state index in [2.05, 4.69) is 14.8 Å². The Kier molecular flexibility index (Phi) is 7.34. The molecule has 1 atom stereocenters. The number of carbonyl (C=O) groups excluding carboxylic acids is 3. The Morgan fingerprint density at radius 2 is 1.68 bits per heavy atom. The highest BCUT2D eigenvalue weighted by Gasteiger charge is 2.39. The number of halogens is 3. The number of esters is 2. The molecule has 0 aromatic carbocycles. The number of carbonyl (C=O) groups is 3. The number of hydrogen-bond acceptors (Lipinski definition) is 5. The van der Waals surface area contributed by atoms with Crippen LogP contribution < -0.4 is 5.32 Å². The molecule has 0 aromatic heterocycles. The van der Waals surface area contributed by atoms with Crippen LogP contribution in [0.3, 0.4) is 0 Å². The van der Waals surface area contributed by atoms with Crippen LogP contribution in [-0.2, 0) is 23.9 Å². The van der Waals surface area contributed by atoms with Gasteiger partial charge in [-0.25, -0.2) is 0 Å². The van der Waals surface area contributed by atoms with E-state index in [1.807, 2.05) is 6.92 Å². The van der Waals surface area contributed by atoms with Crippen molar-refractivity contribution in [3.8, 4) is 0 Å². The van der Waals surface area contributed by atoms with E-state index in [1.54, 1.807) is 13.8 Å². The van der Waals surface area contributed by atoms with E-state index in [0.29, 0.717) is 13.3 Å². The monoisotopic (exact) mass is 327 g/mol. The molecule has 0 aliphatic carbocycles. The average Bonchev–Trinajstić information content (AvgIpc) is 2.36. The first-order valence-corrected chi connectivity index (χ1v) is 6.60. The van der Waals surface area contributed by atoms with Gasteiger partial charge in [-0.2, -0.15) is 13.2 Å². The van der Waals surface area contributed by atoms with Crippen LogP contribution in [0.1, 0.15) is 40.5 Å². The Balaban J connectivity index is 4.11. The van der Waals surface area contributed by atoms with Gasteiger partial charge < -0.3 is 14.8 Å². The van der Waals surface area contributed by atoms with Crippen molar-refractivity contribution in [2.24, 2.45) is 5.41 Å². The third kappa shape index (κ3) is 7.28. The van der Waals surface area contributed by atoms with Gasteiger partial charge in [-0.1, -0.05) is 20.8 Å². The van der Waals surface area contributed by atoms with E-state index in [1.165, 1.54) is 0 Å². The summed E-state index contributed by atoms with van der Waals surface area (Å²) in [7, 11) is 0. The molecule has 1 N–H and O–H groups in total. The molecule has 0 radical (unpaired) electrons. The molecule has 128 valence electrons. The zero-order valence-corrected chi connectivity index (χ0v) is 12.9. The van der Waals surface area contributed by atoms with Crippen LogP contribution in [0.4, 0.5) is 13.2 Å². The number of amides is 1. The summed E-state index contributed by atoms with van der Waals surface area (Å²) in [6.07, 6.45) is -7.40. The zero-order chi connectivity index (χ0) is 17.6. The second-order valence-electron chi connectivity index (χ2n) is 5.25. The van der Waals surface area contributed by atoms with E-state index < -0.39 is 42.8 Å². The van der Waals surface area contributed by atoms with Crippen molar-refractivity contribution in [2.45, 2.75) is 52.8 Å². The fourth-order valence-corrected chi connectivity index (χ4v) is 1.06. The van der Waals surface area contributed by atoms with Crippen LogP contribution in [0.5, 0.6) is 0 Å². The predicted octanol–water partition coefficient (Wildman–Crippen LogP) is 1.92. The van der Waals surface area contributed by atoms with Crippen molar-refractivity contribution < 1.29 is 37.0 Å². The summed E-state index contributed by atoms with van der Waals surface area (Å²) in [4.78, 5) is 34.0. The van der Waals surface area contributed by atoms with Gasteiger partial charge in [0.05, 0.1) is 0 Å². The third-order valence-electron chi connectivity index (χ3n) is 3.02. The van der Waals surface area contributed by atoms with E-state index in [-0.39, 0.29) is 5.91 Å². The Morgan fingerprint density at radius 1 is 1.14 bits per heavy atom. The number of nitrogens with one attached hydrogen (secondary N) is 1. The molecule has 0 rings (SSSR count). The summed E-state index contributed by atoms with van der Waals surface area (Å²) in [5, 5.41) is 2.33. The van der Waals surface area contributed by atoms with Crippen molar-refractivity contribution in [1.29, 1.82) is 0 Å². The first-order valence-electron chi connectivity index (χ1n) is 6.60. The minimum Gasteiger partial charge on any atom is -0.453 e. The molecular formula is C13H20F3NO5. The molecule has 0 spiro atoms. The molecular weight excluding hydrogens is 307 g/mol. The summed E-state index contributed by atoms with van der Waals surface area (Å²) >= 11 is 0. The first kappa shape index (κ1) is 20.2. The molecule has 6 nitrogen and oxygen atoms in total. The van der Waals surface area contributed by atoms with Crippen LogP contribution >= 0.6 is 0 Å². The summed E-state index contributed by atoms with van der Waals surface area (Å²) < 4.78 is 45.0. The van der Waals surface area contributed by atoms with Gasteiger partial charge in [0.25, 0.3) is 0 Å². The molecule has 0 aromatic rings. The van der Waals surface area contributed by atoms with Crippen LogP contribution in [0, 0.1) is 5.41 Å². The Bertz CT molecular complexity index is 420. The van der Waals surface area contributed by atoms with Crippen LogP contribution in [0.15, 0.2) is 0 Å². The molecule has 0 aliphatic heterocycles. The molecule has 0 fully saturated rings. The number of hydrogen-bond donors (Lipinski definition) is 1. The van der Waals surface area contributed by atoms with Crippen molar-refractivity contribution >= 4 is 17.8 Å². The normalized spacial score (nSPS) is 13.2. The van der Waals surface area contributed by atoms with Gasteiger partial charge in [-0.3, -0.25) is 14.4 Å². The van der Waals surface area contributed by atoms with Gasteiger partial charge in [0.1, 0.15) is 6.42 Å². The highest BCUT2D eigenvalue weighted by molar-refractivity contribution is 5.91. The number of rotatable bonds is 7. The SMILES string of the molecule is CCC(C)(C)C(=O)NCOC(=O)CC(=O)OC(C)C(F)(F)F. The maximum Gasteiger partial charge on any atom is 0.425 e. The van der Waals surface area contributed by atoms with E-state index >= 15 is 0 Å². The predicted molar refractivity (Wildman–Crippen MR) is 69.4 cm³/mol. The molecule has 1 amide bonds. The highest BCUT2D eigenvalue weighted by atomic mass is 19.4. The van der Waals surface area contributed by atoms with Crippen molar-refractivity contribution in [2.75, 3.05) is 6.73 Å². The lowest BCUT2D eigenvalue weighted by Crippen LogP contribution is -2.38. The van der Waals surface area contributed by atoms with Crippen molar-refractivity contribution in [3.05, 3.63) is 0 Å². The molecule has 0 saturated heterocycles. The van der Waals surface area contributed by atoms with Gasteiger partial charge in [-0.15, -0.1) is 0 Å². The molecule has 0 aliphatic rings. The number of alkyl halides is 3. The van der Waals surface area contributed by atoms with Gasteiger partial charge in [0, 0.05) is 5.41 Å². The highest BCUT2D eigenvalue weighted by Crippen LogP contribution is 2.22. The second-order valence-corrected chi connectivity index (χ2v) is 5.25. The summed E-state index contributed by atoms with van der Waals surface area (Å²) in [5.41, 5.74) is -0.645. The quantitative estimate of drug-likeness (QED) is 0.439. The fraction of sp³-hybridized carbons (Fsp3) is 0.769. The summed E-state index contributed by atoms with van der Waals surface area (Å²) in [6, 6.07) is 0. The Morgan fingerprint density at radius 3 is 2.14 bits per heavy atom. The minimum absolute atomic E-state index is 0.351. The lowest BCUT2D eigenvalue weighted by Gasteiger charge is -2.21. The topological polar surface area (TPSA) is 81.7 Å². The zero-order valence-electron chi connectivity index (χ0n) is 12.9. The van der Waals surface area contributed by atoms with Crippen molar-refractivity contribution in [3.63, 3.8) is 0 Å². The smallest absolute Gasteiger partial charge is 0.425 e. The van der Waals surface area contributed by atoms with Crippen LogP contribution in [0.2, 0.25) is 0 Å². The van der Waals surface area contributed by atoms with Gasteiger partial charge in [0.15, 0.2) is 12.8 Å². The largest absolute Gasteiger partial charge is 0.453 e. The Labute approximate surface area is 126 Å². The standard InChI is InChI=1S/C13H20F3NO5/c1-5-12(3,4)11(20)17-7-21-9(18)6-10(19)22-8(2)13(14,15)16/h8H,5-7H2,1-4H3,(H,17,20). The van der Waals surface area contributed by atoms with Crippen molar-refractivity contribution in [1.82, 2.24) is 5.32 Å². The Hall–Kier alpha value is -1.80. The van der Waals surface area contributed by atoms with Crippen LogP contribution in [-0.4, -0.2) is 36.9 Å². The lowest BCUT2D eigenvalue weighted by atomic mass is 9.89. The fourth-order valence-electron chi connectivity index (χ4n) is 1.06. The second kappa shape index (κ2) is 8.00. The van der Waals surface area contributed by atoms with E-state index in [0.717, 1.165) is 0 Å². The molecule has 22 heavy (non-hydrogen) atoms. The molecule has 0 heterocycles. The maximum atomic E-state index is 12.1. The lowest BCUT2D eigenvalue weighted by molar-refractivity contribution is -0.216. The van der Waals surface area contributed by atoms with Crippen LogP contribution in [0.25, 0.3) is 0 Å². The summed E-state index contributed by atoms with van der Waals surface area (Å²) in [5.74, 6) is -2.79. The minimum atomic E-state index is -4.70. The van der Waals surface area contributed by atoms with E-state index in [4.69, 9.17) is 0 Å². The third-order valence-corrected chi connectivity index (χ3v) is 3.02. The molecule has 9 heteroatoms. The van der Waals surface area contributed by atoms with Gasteiger partial charge >= 0.3 is 18.1 Å². The average molecular weight is 327 g/mol. The molecule has 0 bridgehead atoms. The van der Waals surface area contributed by atoms with Gasteiger partial charge in [-0.05, 0) is 13.3 Å². The number of ether oxygens (including phenoxy) is 2. The van der Waals surface area contributed by atoms with Gasteiger partial charge in [0.2, 0.25) is 5.91 Å².